The molecule has 1 aromatic rings. The number of rotatable bonds is 3. The molecule has 1 saturated heterocycles. The van der Waals surface area contributed by atoms with E-state index in [1.54, 1.807) is 7.11 Å². The van der Waals surface area contributed by atoms with Gasteiger partial charge in [0.15, 0.2) is 0 Å². The van der Waals surface area contributed by atoms with E-state index in [0.29, 0.717) is 18.3 Å². The van der Waals surface area contributed by atoms with Gasteiger partial charge in [-0.3, -0.25) is 10.1 Å². The van der Waals surface area contributed by atoms with Gasteiger partial charge in [-0.05, 0) is 18.4 Å². The molecule has 19 heavy (non-hydrogen) atoms. The molecule has 1 aromatic heterocycles. The number of halogens is 1. The minimum Gasteiger partial charge on any atom is -0.379 e. The van der Waals surface area contributed by atoms with Gasteiger partial charge >= 0.3 is 5.69 Å². The summed E-state index contributed by atoms with van der Waals surface area (Å²) in [5, 5.41) is 11.3. The van der Waals surface area contributed by atoms with E-state index >= 15 is 0 Å². The number of methoxy groups -OCH3 is 1. The summed E-state index contributed by atoms with van der Waals surface area (Å²) in [5.74, 6) is 0.756. The van der Waals surface area contributed by atoms with E-state index in [9.17, 15) is 10.1 Å². The number of anilines is 1. The second kappa shape index (κ2) is 5.71. The van der Waals surface area contributed by atoms with Crippen LogP contribution >= 0.6 is 11.6 Å². The van der Waals surface area contributed by atoms with E-state index in [1.807, 2.05) is 4.90 Å². The summed E-state index contributed by atoms with van der Waals surface area (Å²) in [6.45, 7) is 3.42. The van der Waals surface area contributed by atoms with Crippen molar-refractivity contribution in [3.8, 4) is 0 Å². The number of piperidine rings is 1. The van der Waals surface area contributed by atoms with Gasteiger partial charge in [-0.15, -0.1) is 0 Å². The zero-order valence-corrected chi connectivity index (χ0v) is 11.6. The lowest BCUT2D eigenvalue weighted by Crippen LogP contribution is -2.44. The van der Waals surface area contributed by atoms with Gasteiger partial charge in [0.05, 0.1) is 11.0 Å². The van der Waals surface area contributed by atoms with E-state index in [2.05, 4.69) is 11.9 Å². The van der Waals surface area contributed by atoms with Crippen molar-refractivity contribution in [1.82, 2.24) is 4.98 Å². The zero-order chi connectivity index (χ0) is 14.0. The van der Waals surface area contributed by atoms with Crippen molar-refractivity contribution in [3.63, 3.8) is 0 Å². The first-order valence-corrected chi connectivity index (χ1v) is 6.49. The minimum atomic E-state index is -0.432. The summed E-state index contributed by atoms with van der Waals surface area (Å²) in [4.78, 5) is 16.6. The number of aromatic nitrogens is 1. The average molecular weight is 286 g/mol. The first-order chi connectivity index (χ1) is 9.02. The van der Waals surface area contributed by atoms with E-state index in [-0.39, 0.29) is 16.9 Å². The van der Waals surface area contributed by atoms with Crippen LogP contribution in [-0.4, -0.2) is 36.2 Å². The smallest absolute Gasteiger partial charge is 0.311 e. The van der Waals surface area contributed by atoms with Gasteiger partial charge in [0.2, 0.25) is 5.82 Å². The highest BCUT2D eigenvalue weighted by Gasteiger charge is 2.30. The molecule has 7 heteroatoms. The molecule has 1 aliphatic heterocycles. The molecule has 104 valence electrons. The van der Waals surface area contributed by atoms with Crippen molar-refractivity contribution in [1.29, 1.82) is 0 Å². The first kappa shape index (κ1) is 14.0. The van der Waals surface area contributed by atoms with Crippen LogP contribution in [0.25, 0.3) is 0 Å². The summed E-state index contributed by atoms with van der Waals surface area (Å²) in [6.07, 6.45) is 0.957. The quantitative estimate of drug-likeness (QED) is 0.485. The van der Waals surface area contributed by atoms with E-state index in [4.69, 9.17) is 16.3 Å². The normalized spacial score (nSPS) is 23.4. The van der Waals surface area contributed by atoms with Crippen molar-refractivity contribution in [2.75, 3.05) is 25.1 Å². The number of pyridine rings is 1. The predicted molar refractivity (Wildman–Crippen MR) is 72.7 cm³/mol. The lowest BCUT2D eigenvalue weighted by Gasteiger charge is -2.36. The van der Waals surface area contributed by atoms with Gasteiger partial charge in [0.25, 0.3) is 0 Å². The average Bonchev–Trinajstić information content (AvgIpc) is 2.38. The predicted octanol–water partition coefficient (Wildman–Crippen LogP) is 2.50. The molecule has 2 atom stereocenters. The summed E-state index contributed by atoms with van der Waals surface area (Å²) in [5.41, 5.74) is -0.0196. The van der Waals surface area contributed by atoms with Crippen LogP contribution in [0.4, 0.5) is 11.5 Å². The SMILES string of the molecule is COC1CN(c2nc(Cl)ccc2[N+](=O)[O-])CCC1C. The van der Waals surface area contributed by atoms with Gasteiger partial charge in [0.1, 0.15) is 5.15 Å². The van der Waals surface area contributed by atoms with Crippen molar-refractivity contribution in [2.24, 2.45) is 5.92 Å². The molecule has 0 amide bonds. The molecular weight excluding hydrogens is 270 g/mol. The standard InChI is InChI=1S/C12H16ClN3O3/c1-8-5-6-15(7-10(8)19-2)12-9(16(17)18)3-4-11(13)14-12/h3-4,8,10H,5-7H2,1-2H3. The van der Waals surface area contributed by atoms with Crippen LogP contribution in [0.1, 0.15) is 13.3 Å². The Morgan fingerprint density at radius 1 is 1.58 bits per heavy atom. The van der Waals surface area contributed by atoms with Crippen molar-refractivity contribution in [2.45, 2.75) is 19.4 Å². The molecule has 1 fully saturated rings. The van der Waals surface area contributed by atoms with Crippen LogP contribution < -0.4 is 4.90 Å². The maximum atomic E-state index is 11.1. The number of nitro groups is 1. The van der Waals surface area contributed by atoms with Crippen LogP contribution in [-0.2, 0) is 4.74 Å². The monoisotopic (exact) mass is 285 g/mol. The van der Waals surface area contributed by atoms with Crippen LogP contribution in [0.5, 0.6) is 0 Å². The topological polar surface area (TPSA) is 68.5 Å². The first-order valence-electron chi connectivity index (χ1n) is 6.11. The van der Waals surface area contributed by atoms with E-state index in [1.165, 1.54) is 12.1 Å². The highest BCUT2D eigenvalue weighted by molar-refractivity contribution is 6.29. The lowest BCUT2D eigenvalue weighted by molar-refractivity contribution is -0.384. The van der Waals surface area contributed by atoms with E-state index < -0.39 is 4.92 Å². The Balaban J connectivity index is 2.31. The number of ether oxygens (including phenoxy) is 1. The highest BCUT2D eigenvalue weighted by Crippen LogP contribution is 2.31. The Labute approximate surface area is 116 Å². The van der Waals surface area contributed by atoms with Gasteiger partial charge < -0.3 is 9.64 Å². The highest BCUT2D eigenvalue weighted by atomic mass is 35.5. The van der Waals surface area contributed by atoms with Crippen molar-refractivity contribution < 1.29 is 9.66 Å². The van der Waals surface area contributed by atoms with Crippen LogP contribution in [0.2, 0.25) is 5.15 Å². The van der Waals surface area contributed by atoms with Crippen LogP contribution in [0, 0.1) is 16.0 Å². The fourth-order valence-electron chi connectivity index (χ4n) is 2.33. The van der Waals surface area contributed by atoms with Gasteiger partial charge in [-0.25, -0.2) is 4.98 Å². The fraction of sp³-hybridized carbons (Fsp3) is 0.583. The summed E-state index contributed by atoms with van der Waals surface area (Å²) in [7, 11) is 1.66. The van der Waals surface area contributed by atoms with Crippen LogP contribution in [0.15, 0.2) is 12.1 Å². The summed E-state index contributed by atoms with van der Waals surface area (Å²) >= 11 is 5.85. The molecule has 0 radical (unpaired) electrons. The third-order valence-corrected chi connectivity index (χ3v) is 3.72. The largest absolute Gasteiger partial charge is 0.379 e. The van der Waals surface area contributed by atoms with Gasteiger partial charge in [-0.2, -0.15) is 0 Å². The lowest BCUT2D eigenvalue weighted by atomic mass is 9.96. The Kier molecular flexibility index (Phi) is 4.21. The number of hydrogen-bond acceptors (Lipinski definition) is 5. The van der Waals surface area contributed by atoms with Crippen molar-refractivity contribution >= 4 is 23.1 Å². The molecule has 0 saturated carbocycles. The maximum absolute atomic E-state index is 11.1. The zero-order valence-electron chi connectivity index (χ0n) is 10.9. The minimum absolute atomic E-state index is 0.0196. The van der Waals surface area contributed by atoms with Crippen molar-refractivity contribution in [3.05, 3.63) is 27.4 Å². The summed E-state index contributed by atoms with van der Waals surface area (Å²) < 4.78 is 5.41. The third kappa shape index (κ3) is 2.96. The molecule has 6 nitrogen and oxygen atoms in total. The molecule has 0 bridgehead atoms. The second-order valence-electron chi connectivity index (χ2n) is 4.72. The number of hydrogen-bond donors (Lipinski definition) is 0. The molecular formula is C12H16ClN3O3. The Morgan fingerprint density at radius 3 is 2.95 bits per heavy atom. The Bertz CT molecular complexity index is 483. The van der Waals surface area contributed by atoms with Crippen LogP contribution in [0.3, 0.4) is 0 Å². The third-order valence-electron chi connectivity index (χ3n) is 3.51. The van der Waals surface area contributed by atoms with Gasteiger partial charge in [-0.1, -0.05) is 18.5 Å². The Hall–Kier alpha value is -1.40. The molecule has 2 rings (SSSR count). The second-order valence-corrected chi connectivity index (χ2v) is 5.11. The fourth-order valence-corrected chi connectivity index (χ4v) is 2.47. The molecule has 0 aromatic carbocycles. The number of nitrogens with zero attached hydrogens (tertiary/aromatic N) is 3. The van der Waals surface area contributed by atoms with Gasteiger partial charge in [0, 0.05) is 26.3 Å². The molecule has 0 N–H and O–H groups in total. The molecule has 0 spiro atoms. The molecule has 1 aliphatic rings. The molecule has 0 aliphatic carbocycles. The van der Waals surface area contributed by atoms with E-state index in [0.717, 1.165) is 13.0 Å². The molecule has 2 heterocycles. The Morgan fingerprint density at radius 2 is 2.32 bits per heavy atom. The molecule has 2 unspecified atom stereocenters. The summed E-state index contributed by atoms with van der Waals surface area (Å²) in [6, 6.07) is 2.83. The maximum Gasteiger partial charge on any atom is 0.311 e.